The first-order valence-corrected chi connectivity index (χ1v) is 9.34. The molecule has 0 spiro atoms. The van der Waals surface area contributed by atoms with Crippen LogP contribution in [0.25, 0.3) is 0 Å². The Morgan fingerprint density at radius 3 is 2.12 bits per heavy atom. The molecule has 0 bridgehead atoms. The van der Waals surface area contributed by atoms with E-state index in [-0.39, 0.29) is 12.3 Å². The number of benzene rings is 2. The third-order valence-electron chi connectivity index (χ3n) is 5.21. The predicted molar refractivity (Wildman–Crippen MR) is 99.3 cm³/mol. The Labute approximate surface area is 155 Å². The number of likely N-dealkylation sites (tertiary alicyclic amines) is 1. The Kier molecular flexibility index (Phi) is 5.03. The molecular formula is C22H24N2O2. The summed E-state index contributed by atoms with van der Waals surface area (Å²) in [6, 6.07) is 23.5. The van der Waals surface area contributed by atoms with Crippen molar-refractivity contribution in [1.29, 1.82) is 5.26 Å². The normalized spacial score (nSPS) is 22.5. The molecule has 4 rings (SSSR count). The highest BCUT2D eigenvalue weighted by Gasteiger charge is 2.49. The summed E-state index contributed by atoms with van der Waals surface area (Å²) in [5, 5.41) is 9.75. The van der Waals surface area contributed by atoms with E-state index in [1.54, 1.807) is 0 Å². The van der Waals surface area contributed by atoms with E-state index in [1.807, 2.05) is 12.1 Å². The second kappa shape index (κ2) is 7.59. The maximum absolute atomic E-state index is 9.75. The van der Waals surface area contributed by atoms with Crippen molar-refractivity contribution in [3.8, 4) is 6.07 Å². The first kappa shape index (κ1) is 17.2. The van der Waals surface area contributed by atoms with Crippen LogP contribution in [0.15, 0.2) is 60.7 Å². The van der Waals surface area contributed by atoms with Crippen LogP contribution in [0.2, 0.25) is 0 Å². The lowest BCUT2D eigenvalue weighted by Crippen LogP contribution is -2.64. The van der Waals surface area contributed by atoms with Crippen molar-refractivity contribution in [3.63, 3.8) is 0 Å². The summed E-state index contributed by atoms with van der Waals surface area (Å²) in [5.41, 5.74) is 1.71. The van der Waals surface area contributed by atoms with Crippen molar-refractivity contribution < 1.29 is 9.47 Å². The summed E-state index contributed by atoms with van der Waals surface area (Å²) in [6.07, 6.45) is 2.82. The molecule has 2 aliphatic heterocycles. The van der Waals surface area contributed by atoms with Gasteiger partial charge in [-0.3, -0.25) is 4.90 Å². The molecule has 4 heteroatoms. The molecule has 0 saturated carbocycles. The van der Waals surface area contributed by atoms with E-state index < -0.39 is 5.60 Å². The second-order valence-electron chi connectivity index (χ2n) is 7.15. The van der Waals surface area contributed by atoms with Gasteiger partial charge >= 0.3 is 0 Å². The molecule has 134 valence electrons. The third-order valence-corrected chi connectivity index (χ3v) is 5.21. The lowest BCUT2D eigenvalue weighted by atomic mass is 9.88. The summed E-state index contributed by atoms with van der Waals surface area (Å²) in [6.45, 7) is 1.92. The SMILES string of the molecule is N#CC1(OC2CCCCO2)CN(C(c2ccccc2)c2ccccc2)C1. The summed E-state index contributed by atoms with van der Waals surface area (Å²) >= 11 is 0. The maximum Gasteiger partial charge on any atom is 0.182 e. The molecular weight excluding hydrogens is 324 g/mol. The van der Waals surface area contributed by atoms with Gasteiger partial charge in [0.15, 0.2) is 11.9 Å². The zero-order chi connectivity index (χ0) is 17.8. The van der Waals surface area contributed by atoms with Gasteiger partial charge in [-0.05, 0) is 30.4 Å². The Morgan fingerprint density at radius 2 is 1.62 bits per heavy atom. The van der Waals surface area contributed by atoms with Crippen molar-refractivity contribution in [2.45, 2.75) is 37.2 Å². The zero-order valence-corrected chi connectivity index (χ0v) is 14.9. The van der Waals surface area contributed by atoms with Crippen molar-refractivity contribution in [2.24, 2.45) is 0 Å². The van der Waals surface area contributed by atoms with E-state index in [1.165, 1.54) is 11.1 Å². The average molecular weight is 348 g/mol. The zero-order valence-electron chi connectivity index (χ0n) is 14.9. The molecule has 2 aromatic carbocycles. The Bertz CT molecular complexity index is 705. The van der Waals surface area contributed by atoms with Crippen LogP contribution in [0.3, 0.4) is 0 Å². The van der Waals surface area contributed by atoms with Crippen molar-refractivity contribution in [2.75, 3.05) is 19.7 Å². The van der Waals surface area contributed by atoms with Gasteiger partial charge in [0.05, 0.1) is 6.04 Å². The van der Waals surface area contributed by atoms with Crippen LogP contribution in [-0.4, -0.2) is 36.5 Å². The van der Waals surface area contributed by atoms with Gasteiger partial charge in [-0.15, -0.1) is 0 Å². The molecule has 2 aliphatic rings. The fourth-order valence-corrected chi connectivity index (χ4v) is 3.90. The second-order valence-corrected chi connectivity index (χ2v) is 7.15. The summed E-state index contributed by atoms with van der Waals surface area (Å²) in [5.74, 6) is 0. The number of ether oxygens (including phenoxy) is 2. The van der Waals surface area contributed by atoms with Gasteiger partial charge in [0.25, 0.3) is 0 Å². The summed E-state index contributed by atoms with van der Waals surface area (Å²) in [7, 11) is 0. The molecule has 0 N–H and O–H groups in total. The standard InChI is InChI=1S/C22H24N2O2/c23-15-22(26-20-13-7-8-14-25-20)16-24(17-22)21(18-9-3-1-4-10-18)19-11-5-2-6-12-19/h1-6,9-12,20-21H,7-8,13-14,16-17H2. The van der Waals surface area contributed by atoms with Crippen LogP contribution >= 0.6 is 0 Å². The quantitative estimate of drug-likeness (QED) is 0.822. The molecule has 0 radical (unpaired) electrons. The fourth-order valence-electron chi connectivity index (χ4n) is 3.90. The van der Waals surface area contributed by atoms with E-state index >= 15 is 0 Å². The largest absolute Gasteiger partial charge is 0.353 e. The van der Waals surface area contributed by atoms with E-state index in [9.17, 15) is 5.26 Å². The number of rotatable bonds is 5. The fraction of sp³-hybridized carbons (Fsp3) is 0.409. The maximum atomic E-state index is 9.75. The first-order valence-electron chi connectivity index (χ1n) is 9.34. The molecule has 0 aromatic heterocycles. The lowest BCUT2D eigenvalue weighted by Gasteiger charge is -2.50. The van der Waals surface area contributed by atoms with Gasteiger partial charge in [0, 0.05) is 19.7 Å². The molecule has 0 amide bonds. The van der Waals surface area contributed by atoms with Gasteiger partial charge in [0.1, 0.15) is 6.07 Å². The topological polar surface area (TPSA) is 45.5 Å². The van der Waals surface area contributed by atoms with Gasteiger partial charge in [0.2, 0.25) is 0 Å². The molecule has 2 aromatic rings. The minimum absolute atomic E-state index is 0.134. The number of nitrogens with zero attached hydrogens (tertiary/aromatic N) is 2. The number of hydrogen-bond donors (Lipinski definition) is 0. The summed E-state index contributed by atoms with van der Waals surface area (Å²) in [4.78, 5) is 2.32. The number of hydrogen-bond acceptors (Lipinski definition) is 4. The van der Waals surface area contributed by atoms with Crippen LogP contribution in [0.4, 0.5) is 0 Å². The highest BCUT2D eigenvalue weighted by molar-refractivity contribution is 5.33. The smallest absolute Gasteiger partial charge is 0.182 e. The van der Waals surface area contributed by atoms with Crippen LogP contribution < -0.4 is 0 Å². The van der Waals surface area contributed by atoms with E-state index in [0.29, 0.717) is 13.1 Å². The highest BCUT2D eigenvalue weighted by Crippen LogP contribution is 2.38. The molecule has 1 unspecified atom stereocenters. The third kappa shape index (κ3) is 3.52. The predicted octanol–water partition coefficient (Wildman–Crippen LogP) is 3.90. The first-order chi connectivity index (χ1) is 12.8. The lowest BCUT2D eigenvalue weighted by molar-refractivity contribution is -0.243. The van der Waals surface area contributed by atoms with E-state index in [2.05, 4.69) is 59.5 Å². The molecule has 2 heterocycles. The van der Waals surface area contributed by atoms with Gasteiger partial charge in [-0.25, -0.2) is 0 Å². The van der Waals surface area contributed by atoms with Crippen molar-refractivity contribution in [3.05, 3.63) is 71.8 Å². The summed E-state index contributed by atoms with van der Waals surface area (Å²) < 4.78 is 11.8. The average Bonchev–Trinajstić information content (AvgIpc) is 2.68. The number of nitriles is 1. The Hall–Kier alpha value is -2.19. The van der Waals surface area contributed by atoms with Gasteiger partial charge in [-0.1, -0.05) is 60.7 Å². The minimum atomic E-state index is -0.760. The molecule has 1 atom stereocenters. The molecule has 26 heavy (non-hydrogen) atoms. The van der Waals surface area contributed by atoms with E-state index in [4.69, 9.17) is 9.47 Å². The van der Waals surface area contributed by atoms with Crippen LogP contribution in [-0.2, 0) is 9.47 Å². The van der Waals surface area contributed by atoms with Crippen LogP contribution in [0.5, 0.6) is 0 Å². The van der Waals surface area contributed by atoms with E-state index in [0.717, 1.165) is 25.9 Å². The van der Waals surface area contributed by atoms with Crippen molar-refractivity contribution >= 4 is 0 Å². The molecule has 2 saturated heterocycles. The molecule has 4 nitrogen and oxygen atoms in total. The van der Waals surface area contributed by atoms with Crippen LogP contribution in [0, 0.1) is 11.3 Å². The Balaban J connectivity index is 1.52. The minimum Gasteiger partial charge on any atom is -0.353 e. The van der Waals surface area contributed by atoms with Crippen LogP contribution in [0.1, 0.15) is 36.4 Å². The Morgan fingerprint density at radius 1 is 1.00 bits per heavy atom. The molecule has 2 fully saturated rings. The highest BCUT2D eigenvalue weighted by atomic mass is 16.7. The van der Waals surface area contributed by atoms with Gasteiger partial charge < -0.3 is 9.47 Å². The molecule has 0 aliphatic carbocycles. The van der Waals surface area contributed by atoms with Crippen molar-refractivity contribution in [1.82, 2.24) is 4.90 Å². The monoisotopic (exact) mass is 348 g/mol. The van der Waals surface area contributed by atoms with Gasteiger partial charge in [-0.2, -0.15) is 5.26 Å².